The standard InChI is InChI=1S/C13H12N2O/c1-13(2)8-4-3-5-15-12(8)11-9(13)6-14-7-10(11)16/h3-7,16H,1-2H3. The summed E-state index contributed by atoms with van der Waals surface area (Å²) in [5.74, 6) is 0.211. The van der Waals surface area contributed by atoms with Crippen LogP contribution in [0, 0.1) is 0 Å². The van der Waals surface area contributed by atoms with E-state index in [-0.39, 0.29) is 11.2 Å². The van der Waals surface area contributed by atoms with Gasteiger partial charge in [-0.15, -0.1) is 0 Å². The summed E-state index contributed by atoms with van der Waals surface area (Å²) >= 11 is 0. The minimum Gasteiger partial charge on any atom is -0.506 e. The molecule has 0 aromatic carbocycles. The Balaban J connectivity index is 2.45. The molecule has 3 nitrogen and oxygen atoms in total. The molecular formula is C13H12N2O. The highest BCUT2D eigenvalue weighted by Gasteiger charge is 2.38. The summed E-state index contributed by atoms with van der Waals surface area (Å²) in [4.78, 5) is 8.43. The fourth-order valence-electron chi connectivity index (χ4n) is 2.43. The van der Waals surface area contributed by atoms with Crippen molar-refractivity contribution in [1.82, 2.24) is 9.97 Å². The summed E-state index contributed by atoms with van der Waals surface area (Å²) in [7, 11) is 0. The lowest BCUT2D eigenvalue weighted by Gasteiger charge is -2.20. The van der Waals surface area contributed by atoms with Gasteiger partial charge in [0, 0.05) is 23.4 Å². The largest absolute Gasteiger partial charge is 0.506 e. The highest BCUT2D eigenvalue weighted by Crippen LogP contribution is 2.49. The van der Waals surface area contributed by atoms with E-state index in [1.54, 1.807) is 6.20 Å². The van der Waals surface area contributed by atoms with Crippen molar-refractivity contribution in [3.8, 4) is 17.0 Å². The van der Waals surface area contributed by atoms with Crippen LogP contribution in [0.1, 0.15) is 25.0 Å². The Morgan fingerprint density at radius 3 is 2.81 bits per heavy atom. The van der Waals surface area contributed by atoms with Gasteiger partial charge in [0.2, 0.25) is 0 Å². The molecule has 0 unspecified atom stereocenters. The zero-order chi connectivity index (χ0) is 11.3. The van der Waals surface area contributed by atoms with Gasteiger partial charge in [-0.2, -0.15) is 0 Å². The van der Waals surface area contributed by atoms with Gasteiger partial charge in [0.05, 0.1) is 11.9 Å². The van der Waals surface area contributed by atoms with Gasteiger partial charge in [0.25, 0.3) is 0 Å². The van der Waals surface area contributed by atoms with Crippen LogP contribution in [0.25, 0.3) is 11.3 Å². The van der Waals surface area contributed by atoms with E-state index >= 15 is 0 Å². The van der Waals surface area contributed by atoms with E-state index in [2.05, 4.69) is 29.9 Å². The van der Waals surface area contributed by atoms with Crippen molar-refractivity contribution in [2.45, 2.75) is 19.3 Å². The molecule has 1 N–H and O–H groups in total. The number of hydrogen-bond acceptors (Lipinski definition) is 3. The molecule has 2 heterocycles. The summed E-state index contributed by atoms with van der Waals surface area (Å²) in [6.07, 6.45) is 5.04. The van der Waals surface area contributed by atoms with Crippen molar-refractivity contribution in [2.75, 3.05) is 0 Å². The minimum absolute atomic E-state index is 0.134. The van der Waals surface area contributed by atoms with Gasteiger partial charge in [-0.25, -0.2) is 0 Å². The number of aromatic hydroxyl groups is 1. The van der Waals surface area contributed by atoms with E-state index < -0.39 is 0 Å². The Hall–Kier alpha value is -1.90. The second-order valence-corrected chi connectivity index (χ2v) is 4.61. The molecule has 2 aromatic rings. The molecule has 3 rings (SSSR count). The van der Waals surface area contributed by atoms with E-state index in [4.69, 9.17) is 0 Å². The third-order valence-corrected chi connectivity index (χ3v) is 3.32. The monoisotopic (exact) mass is 212 g/mol. The van der Waals surface area contributed by atoms with Crippen molar-refractivity contribution in [3.63, 3.8) is 0 Å². The number of hydrogen-bond donors (Lipinski definition) is 1. The Bertz CT molecular complexity index is 576. The summed E-state index contributed by atoms with van der Waals surface area (Å²) in [6, 6.07) is 3.98. The average molecular weight is 212 g/mol. The third kappa shape index (κ3) is 0.975. The van der Waals surface area contributed by atoms with Gasteiger partial charge in [0.1, 0.15) is 5.75 Å². The molecule has 0 spiro atoms. The van der Waals surface area contributed by atoms with Crippen molar-refractivity contribution < 1.29 is 5.11 Å². The summed E-state index contributed by atoms with van der Waals surface area (Å²) in [6.45, 7) is 4.25. The van der Waals surface area contributed by atoms with E-state index in [1.165, 1.54) is 6.20 Å². The second-order valence-electron chi connectivity index (χ2n) is 4.61. The van der Waals surface area contributed by atoms with Gasteiger partial charge in [-0.3, -0.25) is 9.97 Å². The third-order valence-electron chi connectivity index (χ3n) is 3.32. The van der Waals surface area contributed by atoms with E-state index in [0.717, 1.165) is 22.4 Å². The molecule has 80 valence electrons. The Kier molecular flexibility index (Phi) is 1.64. The van der Waals surface area contributed by atoms with Crippen LogP contribution in [-0.2, 0) is 5.41 Å². The van der Waals surface area contributed by atoms with Crippen molar-refractivity contribution in [2.24, 2.45) is 0 Å². The van der Waals surface area contributed by atoms with Crippen LogP contribution in [-0.4, -0.2) is 15.1 Å². The highest BCUT2D eigenvalue weighted by atomic mass is 16.3. The molecule has 16 heavy (non-hydrogen) atoms. The van der Waals surface area contributed by atoms with Crippen LogP contribution >= 0.6 is 0 Å². The zero-order valence-electron chi connectivity index (χ0n) is 9.23. The van der Waals surface area contributed by atoms with Gasteiger partial charge < -0.3 is 5.11 Å². The molecule has 0 atom stereocenters. The molecule has 0 amide bonds. The van der Waals surface area contributed by atoms with Crippen LogP contribution in [0.15, 0.2) is 30.7 Å². The first-order valence-electron chi connectivity index (χ1n) is 5.25. The number of rotatable bonds is 0. The van der Waals surface area contributed by atoms with Crippen LogP contribution in [0.2, 0.25) is 0 Å². The van der Waals surface area contributed by atoms with Gasteiger partial charge >= 0.3 is 0 Å². The second kappa shape index (κ2) is 2.82. The van der Waals surface area contributed by atoms with Gasteiger partial charge in [-0.1, -0.05) is 19.9 Å². The topological polar surface area (TPSA) is 46.0 Å². The Morgan fingerprint density at radius 1 is 1.19 bits per heavy atom. The summed E-state index contributed by atoms with van der Waals surface area (Å²) in [5, 5.41) is 9.91. The molecule has 2 aromatic heterocycles. The van der Waals surface area contributed by atoms with Crippen LogP contribution in [0.3, 0.4) is 0 Å². The lowest BCUT2D eigenvalue weighted by Crippen LogP contribution is -2.15. The normalized spacial score (nSPS) is 15.6. The Labute approximate surface area is 93.8 Å². The summed E-state index contributed by atoms with van der Waals surface area (Å²) in [5.41, 5.74) is 3.76. The van der Waals surface area contributed by atoms with Gasteiger partial charge in [-0.05, 0) is 17.2 Å². The molecule has 1 aliphatic rings. The maximum absolute atomic E-state index is 9.91. The molecular weight excluding hydrogens is 200 g/mol. The molecule has 0 bridgehead atoms. The van der Waals surface area contributed by atoms with Crippen molar-refractivity contribution in [3.05, 3.63) is 41.9 Å². The van der Waals surface area contributed by atoms with E-state index in [9.17, 15) is 5.11 Å². The predicted octanol–water partition coefficient (Wildman–Crippen LogP) is 2.49. The SMILES string of the molecule is CC1(C)c2cccnc2-c2c(O)cncc21. The number of nitrogens with zero attached hydrogens (tertiary/aromatic N) is 2. The van der Waals surface area contributed by atoms with E-state index in [1.807, 2.05) is 12.3 Å². The quantitative estimate of drug-likeness (QED) is 0.729. The molecule has 3 heteroatoms. The first-order valence-corrected chi connectivity index (χ1v) is 5.25. The first-order chi connectivity index (χ1) is 7.62. The maximum atomic E-state index is 9.91. The number of aromatic nitrogens is 2. The maximum Gasteiger partial charge on any atom is 0.143 e. The molecule has 0 aliphatic heterocycles. The lowest BCUT2D eigenvalue weighted by molar-refractivity contribution is 0.473. The first kappa shape index (κ1) is 9.33. The number of fused-ring (bicyclic) bond motifs is 3. The molecule has 0 saturated carbocycles. The van der Waals surface area contributed by atoms with Crippen molar-refractivity contribution in [1.29, 1.82) is 0 Å². The highest BCUT2D eigenvalue weighted by molar-refractivity contribution is 5.81. The van der Waals surface area contributed by atoms with Crippen LogP contribution in [0.4, 0.5) is 0 Å². The average Bonchev–Trinajstić information content (AvgIpc) is 2.51. The molecule has 0 radical (unpaired) electrons. The zero-order valence-corrected chi connectivity index (χ0v) is 9.23. The fourth-order valence-corrected chi connectivity index (χ4v) is 2.43. The minimum atomic E-state index is -0.134. The smallest absolute Gasteiger partial charge is 0.143 e. The Morgan fingerprint density at radius 2 is 2.00 bits per heavy atom. The van der Waals surface area contributed by atoms with Crippen LogP contribution in [0.5, 0.6) is 5.75 Å². The van der Waals surface area contributed by atoms with E-state index in [0.29, 0.717) is 0 Å². The van der Waals surface area contributed by atoms with Gasteiger partial charge in [0.15, 0.2) is 0 Å². The van der Waals surface area contributed by atoms with Crippen molar-refractivity contribution >= 4 is 0 Å². The van der Waals surface area contributed by atoms with Crippen LogP contribution < -0.4 is 0 Å². The number of pyridine rings is 2. The fraction of sp³-hybridized carbons (Fsp3) is 0.231. The summed E-state index contributed by atoms with van der Waals surface area (Å²) < 4.78 is 0. The predicted molar refractivity (Wildman–Crippen MR) is 61.3 cm³/mol. The lowest BCUT2D eigenvalue weighted by atomic mass is 9.83. The molecule has 0 saturated heterocycles. The molecule has 1 aliphatic carbocycles. The molecule has 0 fully saturated rings.